The monoisotopic (exact) mass is 844 g/mol. The Balaban J connectivity index is 1.23. The fraction of sp³-hybridized carbons (Fsp3) is 0.358. The van der Waals surface area contributed by atoms with Gasteiger partial charge in [0.25, 0.3) is 5.41 Å². The molecule has 5 aromatic carbocycles. The zero-order valence-corrected chi connectivity index (χ0v) is 37.2. The fourth-order valence-electron chi connectivity index (χ4n) is 8.38. The minimum absolute atomic E-state index is 0.169. The fourth-order valence-corrected chi connectivity index (χ4v) is 8.38. The average Bonchev–Trinajstić information content (AvgIpc) is 4.11. The van der Waals surface area contributed by atoms with Crippen molar-refractivity contribution in [2.24, 2.45) is 11.8 Å². The van der Waals surface area contributed by atoms with Gasteiger partial charge in [-0.25, -0.2) is 19.9 Å². The van der Waals surface area contributed by atoms with E-state index in [1.54, 1.807) is 0 Å². The Hall–Kier alpha value is -6.42. The standard InChI is InChI=1S/C53H56N4O6/c1-7-11-15-35(9-3)31-58-39-20-24-47-43(29-39)56-51(62-47)53(49-54-41-27-34(6)18-22-45(41)60-49,50-55-42-28-38(19-23-46(42)61-50)37-17-13-14-33(5)26-37)52-57-44-30-40(21-25-48(44)63-52)59-32-36(10-4)16-12-8-2/h13-14,17-30,35-36H,7-12,15-16,31-32H2,1-6H3. The highest BCUT2D eigenvalue weighted by Crippen LogP contribution is 2.47. The first-order valence-electron chi connectivity index (χ1n) is 22.7. The first-order chi connectivity index (χ1) is 30.8. The van der Waals surface area contributed by atoms with Gasteiger partial charge >= 0.3 is 0 Å². The molecule has 0 spiro atoms. The van der Waals surface area contributed by atoms with Gasteiger partial charge in [-0.05, 0) is 104 Å². The van der Waals surface area contributed by atoms with E-state index < -0.39 is 5.41 Å². The van der Waals surface area contributed by atoms with E-state index in [1.807, 2.05) is 79.7 Å². The van der Waals surface area contributed by atoms with Crippen molar-refractivity contribution in [3.8, 4) is 22.6 Å². The van der Waals surface area contributed by atoms with Crippen LogP contribution in [0.4, 0.5) is 0 Å². The zero-order chi connectivity index (χ0) is 43.5. The minimum atomic E-state index is -1.74. The van der Waals surface area contributed by atoms with Crippen molar-refractivity contribution in [2.45, 2.75) is 98.3 Å². The second kappa shape index (κ2) is 18.1. The van der Waals surface area contributed by atoms with Gasteiger partial charge in [-0.1, -0.05) is 108 Å². The Morgan fingerprint density at radius 3 is 1.38 bits per heavy atom. The van der Waals surface area contributed by atoms with E-state index in [9.17, 15) is 0 Å². The van der Waals surface area contributed by atoms with Crippen molar-refractivity contribution in [1.29, 1.82) is 0 Å². The van der Waals surface area contributed by atoms with Crippen LogP contribution in [0, 0.1) is 25.7 Å². The summed E-state index contributed by atoms with van der Waals surface area (Å²) in [7, 11) is 0. The molecule has 0 saturated heterocycles. The predicted octanol–water partition coefficient (Wildman–Crippen LogP) is 14.1. The molecule has 2 unspecified atom stereocenters. The Labute approximate surface area is 368 Å². The maximum atomic E-state index is 6.83. The molecule has 0 N–H and O–H groups in total. The van der Waals surface area contributed by atoms with Crippen LogP contribution in [0.15, 0.2) is 115 Å². The molecule has 4 heterocycles. The summed E-state index contributed by atoms with van der Waals surface area (Å²) < 4.78 is 40.0. The molecule has 63 heavy (non-hydrogen) atoms. The van der Waals surface area contributed by atoms with Crippen LogP contribution < -0.4 is 9.47 Å². The van der Waals surface area contributed by atoms with Crippen molar-refractivity contribution in [1.82, 2.24) is 19.9 Å². The normalized spacial score (nSPS) is 13.9. The lowest BCUT2D eigenvalue weighted by Gasteiger charge is -2.20. The van der Waals surface area contributed by atoms with Crippen molar-refractivity contribution >= 4 is 44.4 Å². The SMILES string of the molecule is CCCCC(CC)COc1ccc2oc(C(c3nc4cc(C)ccc4o3)(c3nc4cc(OCC(CC)CCCC)ccc4o3)c3nc4cc(-c5cccc(C)c5)ccc4o3)nc2c1. The molecular formula is C53H56N4O6. The Morgan fingerprint density at radius 1 is 0.476 bits per heavy atom. The van der Waals surface area contributed by atoms with Crippen LogP contribution in [-0.2, 0) is 5.41 Å². The summed E-state index contributed by atoms with van der Waals surface area (Å²) in [6.07, 6.45) is 9.03. The van der Waals surface area contributed by atoms with Crippen molar-refractivity contribution < 1.29 is 27.1 Å². The van der Waals surface area contributed by atoms with Crippen LogP contribution in [0.5, 0.6) is 11.5 Å². The first-order valence-corrected chi connectivity index (χ1v) is 22.7. The summed E-state index contributed by atoms with van der Waals surface area (Å²) in [4.78, 5) is 20.8. The summed E-state index contributed by atoms with van der Waals surface area (Å²) >= 11 is 0. The Bertz CT molecular complexity index is 2890. The van der Waals surface area contributed by atoms with E-state index in [-0.39, 0.29) is 23.6 Å². The molecule has 4 aromatic heterocycles. The Kier molecular flexibility index (Phi) is 12.1. The number of hydrogen-bond donors (Lipinski definition) is 0. The van der Waals surface area contributed by atoms with E-state index in [2.05, 4.69) is 58.9 Å². The molecule has 0 aliphatic carbocycles. The number of unbranched alkanes of at least 4 members (excludes halogenated alkanes) is 2. The third-order valence-corrected chi connectivity index (χ3v) is 12.3. The topological polar surface area (TPSA) is 123 Å². The van der Waals surface area contributed by atoms with E-state index in [0.717, 1.165) is 60.8 Å². The summed E-state index contributed by atoms with van der Waals surface area (Å²) in [6.45, 7) is 14.2. The smallest absolute Gasteiger partial charge is 0.273 e. The molecule has 0 saturated carbocycles. The summed E-state index contributed by atoms with van der Waals surface area (Å²) in [6, 6.07) is 31.7. The second-order valence-electron chi connectivity index (χ2n) is 17.1. The maximum Gasteiger partial charge on any atom is 0.273 e. The minimum Gasteiger partial charge on any atom is -0.493 e. The molecule has 9 aromatic rings. The highest BCUT2D eigenvalue weighted by molar-refractivity contribution is 5.82. The van der Waals surface area contributed by atoms with Gasteiger partial charge < -0.3 is 27.1 Å². The van der Waals surface area contributed by atoms with Crippen molar-refractivity contribution in [3.05, 3.63) is 132 Å². The number of aromatic nitrogens is 4. The van der Waals surface area contributed by atoms with E-state index in [0.29, 0.717) is 80.9 Å². The van der Waals surface area contributed by atoms with E-state index in [1.165, 1.54) is 12.8 Å². The molecule has 0 aliphatic heterocycles. The molecule has 0 bridgehead atoms. The molecule has 324 valence electrons. The average molecular weight is 845 g/mol. The van der Waals surface area contributed by atoms with Gasteiger partial charge in [-0.3, -0.25) is 0 Å². The lowest BCUT2D eigenvalue weighted by Crippen LogP contribution is -2.32. The third kappa shape index (κ3) is 8.43. The third-order valence-electron chi connectivity index (χ3n) is 12.3. The van der Waals surface area contributed by atoms with Crippen LogP contribution in [0.3, 0.4) is 0 Å². The summed E-state index contributed by atoms with van der Waals surface area (Å²) in [5.41, 5.74) is 7.15. The molecule has 2 atom stereocenters. The van der Waals surface area contributed by atoms with Gasteiger partial charge in [-0.2, -0.15) is 0 Å². The number of fused-ring (bicyclic) bond motifs is 4. The summed E-state index contributed by atoms with van der Waals surface area (Å²) in [5.74, 6) is 3.05. The van der Waals surface area contributed by atoms with Gasteiger partial charge in [0.15, 0.2) is 22.3 Å². The predicted molar refractivity (Wildman–Crippen MR) is 248 cm³/mol. The summed E-state index contributed by atoms with van der Waals surface area (Å²) in [5, 5.41) is 0. The molecular weight excluding hydrogens is 789 g/mol. The molecule has 0 aliphatic rings. The number of nitrogens with zero attached hydrogens (tertiary/aromatic N) is 4. The van der Waals surface area contributed by atoms with Crippen LogP contribution in [0.1, 0.15) is 114 Å². The first kappa shape index (κ1) is 41.9. The number of rotatable bonds is 19. The van der Waals surface area contributed by atoms with Gasteiger partial charge in [0.1, 0.15) is 33.6 Å². The maximum absolute atomic E-state index is 6.83. The Morgan fingerprint density at radius 2 is 0.905 bits per heavy atom. The molecule has 0 radical (unpaired) electrons. The van der Waals surface area contributed by atoms with Crippen LogP contribution in [0.2, 0.25) is 0 Å². The molecule has 10 heteroatoms. The van der Waals surface area contributed by atoms with Crippen LogP contribution >= 0.6 is 0 Å². The van der Waals surface area contributed by atoms with Crippen molar-refractivity contribution in [3.63, 3.8) is 0 Å². The highest BCUT2D eigenvalue weighted by Gasteiger charge is 2.56. The quantitative estimate of drug-likeness (QED) is 0.0777. The van der Waals surface area contributed by atoms with Gasteiger partial charge in [0.05, 0.1) is 13.2 Å². The number of oxazole rings is 4. The van der Waals surface area contributed by atoms with Gasteiger partial charge in [-0.15, -0.1) is 0 Å². The highest BCUT2D eigenvalue weighted by atomic mass is 16.5. The second-order valence-corrected chi connectivity index (χ2v) is 17.1. The molecule has 9 rings (SSSR count). The van der Waals surface area contributed by atoms with Gasteiger partial charge in [0, 0.05) is 12.1 Å². The lowest BCUT2D eigenvalue weighted by molar-refractivity contribution is 0.233. The van der Waals surface area contributed by atoms with Crippen LogP contribution in [-0.4, -0.2) is 33.1 Å². The number of benzene rings is 5. The van der Waals surface area contributed by atoms with Gasteiger partial charge in [0.2, 0.25) is 23.6 Å². The zero-order valence-electron chi connectivity index (χ0n) is 37.2. The number of aryl methyl sites for hydroxylation is 2. The van der Waals surface area contributed by atoms with E-state index in [4.69, 9.17) is 47.1 Å². The number of hydrogen-bond acceptors (Lipinski definition) is 10. The van der Waals surface area contributed by atoms with Crippen molar-refractivity contribution in [2.75, 3.05) is 13.2 Å². The largest absolute Gasteiger partial charge is 0.493 e. The molecule has 0 fully saturated rings. The van der Waals surface area contributed by atoms with E-state index >= 15 is 0 Å². The molecule has 10 nitrogen and oxygen atoms in total. The molecule has 0 amide bonds. The number of ether oxygens (including phenoxy) is 2. The lowest BCUT2D eigenvalue weighted by atomic mass is 9.86. The van der Waals surface area contributed by atoms with Crippen LogP contribution in [0.25, 0.3) is 55.5 Å².